The number of alkyl halides is 3. The van der Waals surface area contributed by atoms with Crippen LogP contribution < -0.4 is 10.1 Å². The maximum atomic E-state index is 12.3. The molecule has 0 saturated carbocycles. The molecule has 1 aromatic carbocycles. The van der Waals surface area contributed by atoms with E-state index in [2.05, 4.69) is 35.9 Å². The summed E-state index contributed by atoms with van der Waals surface area (Å²) in [7, 11) is 0. The molecule has 1 atom stereocenters. The van der Waals surface area contributed by atoms with E-state index in [0.29, 0.717) is 0 Å². The predicted octanol–water partition coefficient (Wildman–Crippen LogP) is 3.74. The molecule has 1 aliphatic rings. The average molecular weight is 416 g/mol. The molecule has 0 amide bonds. The smallest absolute Gasteiger partial charge is 0.406 e. The number of hydrogen-bond acceptors (Lipinski definition) is 4. The lowest BCUT2D eigenvalue weighted by Crippen LogP contribution is -2.45. The van der Waals surface area contributed by atoms with E-state index in [1.807, 2.05) is 12.1 Å². The molecule has 1 saturated heterocycles. The van der Waals surface area contributed by atoms with E-state index in [0.717, 1.165) is 41.9 Å². The van der Waals surface area contributed by atoms with Crippen LogP contribution in [0, 0.1) is 0 Å². The van der Waals surface area contributed by atoms with E-state index in [-0.39, 0.29) is 11.8 Å². The quantitative estimate of drug-likeness (QED) is 0.825. The van der Waals surface area contributed by atoms with E-state index >= 15 is 0 Å². The molecular formula is C17H17BrF3N3O. The molecular weight excluding hydrogens is 399 g/mol. The summed E-state index contributed by atoms with van der Waals surface area (Å²) in [4.78, 5) is 6.76. The zero-order chi connectivity index (χ0) is 17.9. The third-order valence-electron chi connectivity index (χ3n) is 3.98. The summed E-state index contributed by atoms with van der Waals surface area (Å²) >= 11 is 3.38. The molecule has 4 nitrogen and oxygen atoms in total. The van der Waals surface area contributed by atoms with Crippen LogP contribution in [0.25, 0.3) is 0 Å². The van der Waals surface area contributed by atoms with Gasteiger partial charge in [-0.3, -0.25) is 9.88 Å². The highest BCUT2D eigenvalue weighted by Gasteiger charge is 2.31. The minimum atomic E-state index is -4.69. The van der Waals surface area contributed by atoms with E-state index in [9.17, 15) is 13.2 Å². The third-order valence-corrected chi connectivity index (χ3v) is 4.45. The lowest BCUT2D eigenvalue weighted by Gasteiger charge is -2.35. The summed E-state index contributed by atoms with van der Waals surface area (Å²) in [6.07, 6.45) is -2.96. The molecule has 0 unspecified atom stereocenters. The van der Waals surface area contributed by atoms with Crippen molar-refractivity contribution >= 4 is 15.9 Å². The fraction of sp³-hybridized carbons (Fsp3) is 0.353. The second kappa shape index (κ2) is 7.72. The Hall–Kier alpha value is -1.64. The maximum Gasteiger partial charge on any atom is 0.573 e. The van der Waals surface area contributed by atoms with Crippen LogP contribution in [0.4, 0.5) is 13.2 Å². The van der Waals surface area contributed by atoms with Gasteiger partial charge in [0.15, 0.2) is 0 Å². The molecule has 1 fully saturated rings. The van der Waals surface area contributed by atoms with Gasteiger partial charge in [0.05, 0.1) is 11.7 Å². The van der Waals surface area contributed by atoms with E-state index < -0.39 is 6.36 Å². The molecule has 8 heteroatoms. The molecule has 1 aliphatic heterocycles. The first-order valence-electron chi connectivity index (χ1n) is 7.84. The molecule has 1 N–H and O–H groups in total. The van der Waals surface area contributed by atoms with E-state index in [1.54, 1.807) is 18.3 Å². The lowest BCUT2D eigenvalue weighted by molar-refractivity contribution is -0.274. The van der Waals surface area contributed by atoms with Crippen LogP contribution >= 0.6 is 15.9 Å². The van der Waals surface area contributed by atoms with Crippen molar-refractivity contribution in [3.63, 3.8) is 0 Å². The topological polar surface area (TPSA) is 37.4 Å². The second-order valence-corrected chi connectivity index (χ2v) is 6.62. The van der Waals surface area contributed by atoms with Crippen molar-refractivity contribution < 1.29 is 17.9 Å². The van der Waals surface area contributed by atoms with Crippen LogP contribution in [-0.4, -0.2) is 42.4 Å². The van der Waals surface area contributed by atoms with Crippen molar-refractivity contribution in [1.29, 1.82) is 0 Å². The Labute approximate surface area is 152 Å². The fourth-order valence-corrected chi connectivity index (χ4v) is 3.14. The van der Waals surface area contributed by atoms with Gasteiger partial charge >= 0.3 is 6.36 Å². The first-order valence-corrected chi connectivity index (χ1v) is 8.63. The van der Waals surface area contributed by atoms with Gasteiger partial charge in [-0.2, -0.15) is 0 Å². The van der Waals surface area contributed by atoms with Gasteiger partial charge in [0.1, 0.15) is 5.75 Å². The summed E-state index contributed by atoms with van der Waals surface area (Å²) in [5.41, 5.74) is 1.74. The van der Waals surface area contributed by atoms with Crippen molar-refractivity contribution in [2.24, 2.45) is 0 Å². The first-order chi connectivity index (χ1) is 11.9. The second-order valence-electron chi connectivity index (χ2n) is 5.71. The molecule has 2 heterocycles. The van der Waals surface area contributed by atoms with Gasteiger partial charge in [0.2, 0.25) is 0 Å². The number of piperazine rings is 1. The van der Waals surface area contributed by atoms with Gasteiger partial charge in [-0.05, 0) is 45.8 Å². The van der Waals surface area contributed by atoms with Crippen molar-refractivity contribution in [3.8, 4) is 5.75 Å². The standard InChI is InChI=1S/C17H17BrF3N3O/c18-13-3-6-15(23-11-13)16(24-9-7-22-8-10-24)12-1-4-14(5-2-12)25-17(19,20)21/h1-6,11,16,22H,7-10H2/t16-/m1/s1. The van der Waals surface area contributed by atoms with Gasteiger partial charge in [-0.25, -0.2) is 0 Å². The van der Waals surface area contributed by atoms with Crippen molar-refractivity contribution in [2.45, 2.75) is 12.4 Å². The van der Waals surface area contributed by atoms with Crippen LogP contribution in [0.2, 0.25) is 0 Å². The van der Waals surface area contributed by atoms with Crippen LogP contribution in [-0.2, 0) is 0 Å². The van der Waals surface area contributed by atoms with Gasteiger partial charge in [-0.15, -0.1) is 13.2 Å². The fourth-order valence-electron chi connectivity index (χ4n) is 2.91. The zero-order valence-electron chi connectivity index (χ0n) is 13.3. The predicted molar refractivity (Wildman–Crippen MR) is 91.3 cm³/mol. The Bertz CT molecular complexity index is 686. The molecule has 1 aromatic heterocycles. The summed E-state index contributed by atoms with van der Waals surface area (Å²) in [5, 5.41) is 3.30. The number of rotatable bonds is 4. The highest BCUT2D eigenvalue weighted by molar-refractivity contribution is 9.10. The maximum absolute atomic E-state index is 12.3. The van der Waals surface area contributed by atoms with Crippen LogP contribution in [0.1, 0.15) is 17.3 Å². The summed E-state index contributed by atoms with van der Waals surface area (Å²) in [5.74, 6) is -0.223. The summed E-state index contributed by atoms with van der Waals surface area (Å²) in [6, 6.07) is 9.74. The van der Waals surface area contributed by atoms with Gasteiger partial charge in [0, 0.05) is 36.8 Å². The molecule has 134 valence electrons. The van der Waals surface area contributed by atoms with Crippen molar-refractivity contribution in [1.82, 2.24) is 15.2 Å². The van der Waals surface area contributed by atoms with E-state index in [4.69, 9.17) is 0 Å². The van der Waals surface area contributed by atoms with Gasteiger partial charge < -0.3 is 10.1 Å². The Kier molecular flexibility index (Phi) is 5.61. The van der Waals surface area contributed by atoms with Crippen molar-refractivity contribution in [2.75, 3.05) is 26.2 Å². The number of nitrogens with zero attached hydrogens (tertiary/aromatic N) is 2. The van der Waals surface area contributed by atoms with Crippen LogP contribution in [0.5, 0.6) is 5.75 Å². The molecule has 0 aliphatic carbocycles. The van der Waals surface area contributed by atoms with Crippen LogP contribution in [0.3, 0.4) is 0 Å². The van der Waals surface area contributed by atoms with E-state index in [1.165, 1.54) is 12.1 Å². The number of benzene rings is 1. The SMILES string of the molecule is FC(F)(F)Oc1ccc([C@H](c2ccc(Br)cn2)N2CCNCC2)cc1. The summed E-state index contributed by atoms with van der Waals surface area (Å²) < 4.78 is 41.9. The Morgan fingerprint density at radius 3 is 2.32 bits per heavy atom. The molecule has 3 rings (SSSR count). The normalized spacial score (nSPS) is 17.3. The highest BCUT2D eigenvalue weighted by atomic mass is 79.9. The highest BCUT2D eigenvalue weighted by Crippen LogP contribution is 2.31. The third kappa shape index (κ3) is 4.93. The zero-order valence-corrected chi connectivity index (χ0v) is 14.8. The number of hydrogen-bond donors (Lipinski definition) is 1. The molecule has 25 heavy (non-hydrogen) atoms. The largest absolute Gasteiger partial charge is 0.573 e. The minimum absolute atomic E-state index is 0.116. The lowest BCUT2D eigenvalue weighted by atomic mass is 10.0. The number of aromatic nitrogens is 1. The molecule has 0 spiro atoms. The number of halogens is 4. The molecule has 0 radical (unpaired) electrons. The Morgan fingerprint density at radius 2 is 1.76 bits per heavy atom. The first kappa shape index (κ1) is 18.2. The minimum Gasteiger partial charge on any atom is -0.406 e. The number of pyridine rings is 1. The number of ether oxygens (including phenoxy) is 1. The summed E-state index contributed by atoms with van der Waals surface area (Å²) in [6.45, 7) is 3.40. The molecule has 0 bridgehead atoms. The Morgan fingerprint density at radius 1 is 1.08 bits per heavy atom. The van der Waals surface area contributed by atoms with Gasteiger partial charge in [0.25, 0.3) is 0 Å². The Balaban J connectivity index is 1.89. The average Bonchev–Trinajstić information content (AvgIpc) is 2.58. The van der Waals surface area contributed by atoms with Gasteiger partial charge in [-0.1, -0.05) is 12.1 Å². The molecule has 2 aromatic rings. The number of nitrogens with one attached hydrogen (secondary N) is 1. The monoisotopic (exact) mass is 415 g/mol. The van der Waals surface area contributed by atoms with Crippen LogP contribution in [0.15, 0.2) is 47.1 Å². The van der Waals surface area contributed by atoms with Crippen molar-refractivity contribution in [3.05, 3.63) is 58.3 Å².